The van der Waals surface area contributed by atoms with Crippen LogP contribution in [0.15, 0.2) is 47.2 Å². The molecule has 1 fully saturated rings. The maximum atomic E-state index is 17.5. The summed E-state index contributed by atoms with van der Waals surface area (Å²) in [6.45, 7) is 29.3. The molecular weight excluding hydrogens is 810 g/mol. The van der Waals surface area contributed by atoms with Gasteiger partial charge in [0.05, 0.1) is 30.9 Å². The second-order valence-corrected chi connectivity index (χ2v) is 24.6. The summed E-state index contributed by atoms with van der Waals surface area (Å²) in [6, 6.07) is 0.171. The first kappa shape index (κ1) is 47.2. The van der Waals surface area contributed by atoms with Gasteiger partial charge in [-0.1, -0.05) is 59.6 Å². The van der Waals surface area contributed by atoms with Crippen LogP contribution < -0.4 is 9.47 Å². The number of aliphatic hydroxyl groups excluding tert-OH is 1. The van der Waals surface area contributed by atoms with Crippen molar-refractivity contribution in [2.24, 2.45) is 11.8 Å². The molecule has 1 unspecified atom stereocenters. The zero-order chi connectivity index (χ0) is 45.5. The Morgan fingerprint density at radius 3 is 2.31 bits per heavy atom. The van der Waals surface area contributed by atoms with Crippen LogP contribution in [0.2, 0.25) is 18.1 Å². The monoisotopic (exact) mass is 877 g/mol. The maximum Gasteiger partial charge on any atom is 0.410 e. The van der Waals surface area contributed by atoms with Gasteiger partial charge in [0.25, 0.3) is 5.88 Å². The predicted octanol–water partition coefficient (Wildman–Crippen LogP) is 10.8. The molecule has 62 heavy (non-hydrogen) atoms. The van der Waals surface area contributed by atoms with Gasteiger partial charge in [0.2, 0.25) is 5.78 Å². The molecule has 1 aromatic heterocycles. The van der Waals surface area contributed by atoms with Crippen molar-refractivity contribution < 1.29 is 47.0 Å². The van der Waals surface area contributed by atoms with Gasteiger partial charge in [-0.15, -0.1) is 13.2 Å². The first-order valence-corrected chi connectivity index (χ1v) is 25.4. The smallest absolute Gasteiger partial charge is 0.410 e. The highest BCUT2D eigenvalue weighted by molar-refractivity contribution is 6.74. The molecular formula is C48H68FN3O9Si. The number of amides is 1. The number of carbonyl (C=O) groups excluding carboxylic acids is 3. The lowest BCUT2D eigenvalue weighted by molar-refractivity contribution is -0.0525. The van der Waals surface area contributed by atoms with Crippen LogP contribution in [0.3, 0.4) is 0 Å². The quantitative estimate of drug-likeness (QED) is 0.0978. The Labute approximate surface area is 368 Å². The Kier molecular flexibility index (Phi) is 13.8. The fourth-order valence-corrected chi connectivity index (χ4v) is 10.8. The molecule has 1 aliphatic heterocycles. The molecule has 2 aromatic rings. The molecule has 0 spiro atoms. The number of carbonyl (C=O) groups is 3. The largest absolute Gasteiger partial charge is 0.508 e. The van der Waals surface area contributed by atoms with Crippen LogP contribution in [0.1, 0.15) is 150 Å². The molecule has 12 nitrogen and oxygen atoms in total. The molecule has 0 bridgehead atoms. The number of unbranched alkanes of at least 4 members (excludes halogenated alkanes) is 2. The fourth-order valence-electron chi connectivity index (χ4n) is 9.37. The number of nitrogens with zero attached hydrogens (tertiary/aromatic N) is 3. The van der Waals surface area contributed by atoms with Gasteiger partial charge in [-0.05, 0) is 94.6 Å². The lowest BCUT2D eigenvalue weighted by Crippen LogP contribution is -2.65. The summed E-state index contributed by atoms with van der Waals surface area (Å²) in [5, 5.41) is 17.0. The minimum absolute atomic E-state index is 0.00560. The van der Waals surface area contributed by atoms with Gasteiger partial charge >= 0.3 is 6.09 Å². The van der Waals surface area contributed by atoms with Crippen LogP contribution in [0.4, 0.5) is 9.18 Å². The number of allylic oxidation sites excluding steroid dienone is 1. The van der Waals surface area contributed by atoms with Crippen molar-refractivity contribution in [1.82, 2.24) is 15.0 Å². The number of hydrogen-bond acceptors (Lipinski definition) is 11. The number of halogens is 1. The third-order valence-electron chi connectivity index (χ3n) is 13.3. The van der Waals surface area contributed by atoms with Gasteiger partial charge in [0, 0.05) is 42.3 Å². The van der Waals surface area contributed by atoms with Crippen molar-refractivity contribution in [1.29, 1.82) is 0 Å². The summed E-state index contributed by atoms with van der Waals surface area (Å²) >= 11 is 0. The number of Topliss-reactive ketones (excluding diaryl/α,β-unsaturated/α-hetero) is 2. The highest BCUT2D eigenvalue weighted by Crippen LogP contribution is 2.60. The lowest BCUT2D eigenvalue weighted by atomic mass is 9.58. The number of ketones is 2. The van der Waals surface area contributed by atoms with Gasteiger partial charge in [-0.2, -0.15) is 0 Å². The summed E-state index contributed by atoms with van der Waals surface area (Å²) in [5.74, 6) is -3.39. The number of hydrogen-bond donors (Lipinski definition) is 1. The third-order valence-corrected chi connectivity index (χ3v) is 17.8. The Hall–Kier alpha value is -4.27. The first-order chi connectivity index (χ1) is 29.2. The van der Waals surface area contributed by atoms with E-state index in [4.69, 9.17) is 23.2 Å². The van der Waals surface area contributed by atoms with E-state index in [0.29, 0.717) is 45.3 Å². The van der Waals surface area contributed by atoms with E-state index in [-0.39, 0.29) is 71.3 Å². The van der Waals surface area contributed by atoms with E-state index in [1.165, 1.54) is 0 Å². The van der Waals surface area contributed by atoms with Crippen LogP contribution in [0.25, 0.3) is 0 Å². The zero-order valence-corrected chi connectivity index (χ0v) is 39.6. The molecule has 6 rings (SSSR count). The normalized spacial score (nSPS) is 23.8. The molecule has 3 aliphatic carbocycles. The number of likely N-dealkylation sites (tertiary alicyclic amines) is 1. The number of benzene rings is 1. The van der Waals surface area contributed by atoms with Crippen LogP contribution in [-0.2, 0) is 15.6 Å². The van der Waals surface area contributed by atoms with Crippen molar-refractivity contribution in [3.63, 3.8) is 0 Å². The molecule has 0 radical (unpaired) electrons. The fraction of sp³-hybridized carbons (Fsp3) is 0.625. The summed E-state index contributed by atoms with van der Waals surface area (Å²) in [6.07, 6.45) is 7.31. The van der Waals surface area contributed by atoms with Crippen LogP contribution in [0, 0.1) is 17.7 Å². The molecule has 0 saturated carbocycles. The van der Waals surface area contributed by atoms with Gasteiger partial charge in [0.1, 0.15) is 28.5 Å². The molecule has 1 amide bonds. The number of aliphatic hydroxyl groups is 1. The molecule has 5 atom stereocenters. The maximum absolute atomic E-state index is 17.5. The van der Waals surface area contributed by atoms with Crippen LogP contribution in [-0.4, -0.2) is 90.1 Å². The van der Waals surface area contributed by atoms with E-state index in [1.54, 1.807) is 43.9 Å². The van der Waals surface area contributed by atoms with Crippen molar-refractivity contribution in [3.8, 4) is 11.6 Å². The number of ether oxygens (including phenoxy) is 3. The van der Waals surface area contributed by atoms with Crippen molar-refractivity contribution in [2.45, 2.75) is 148 Å². The van der Waals surface area contributed by atoms with E-state index >= 15 is 14.0 Å². The summed E-state index contributed by atoms with van der Waals surface area (Å²) in [5.41, 5.74) is -2.31. The Morgan fingerprint density at radius 1 is 1.06 bits per heavy atom. The summed E-state index contributed by atoms with van der Waals surface area (Å²) in [4.78, 5) is 48.2. The number of rotatable bonds is 16. The lowest BCUT2D eigenvalue weighted by Gasteiger charge is -2.55. The van der Waals surface area contributed by atoms with E-state index in [1.807, 2.05) is 52.6 Å². The highest BCUT2D eigenvalue weighted by Gasteiger charge is 2.67. The van der Waals surface area contributed by atoms with Gasteiger partial charge in [-0.25, -0.2) is 9.18 Å². The minimum Gasteiger partial charge on any atom is -0.508 e. The predicted molar refractivity (Wildman–Crippen MR) is 238 cm³/mol. The summed E-state index contributed by atoms with van der Waals surface area (Å²) < 4.78 is 49.2. The third kappa shape index (κ3) is 8.43. The molecule has 1 N–H and O–H groups in total. The van der Waals surface area contributed by atoms with E-state index in [9.17, 15) is 9.90 Å². The van der Waals surface area contributed by atoms with E-state index in [2.05, 4.69) is 18.3 Å². The molecule has 14 heteroatoms. The highest BCUT2D eigenvalue weighted by atomic mass is 28.4. The van der Waals surface area contributed by atoms with Crippen LogP contribution >= 0.6 is 0 Å². The van der Waals surface area contributed by atoms with Crippen LogP contribution in [0.5, 0.6) is 11.6 Å². The average Bonchev–Trinajstić information content (AvgIpc) is 3.84. The number of aromatic nitrogens is 1. The van der Waals surface area contributed by atoms with Gasteiger partial charge in [-0.3, -0.25) is 14.5 Å². The molecule has 1 saturated heterocycles. The second kappa shape index (κ2) is 18.1. The Bertz CT molecular complexity index is 2090. The SMILES string of the molecule is C=CCN(CC=C)[C@@H]1c2onc(OCCCC)c2C(=O)[C@@]2(O[Si](C)(C)C(C)(C)C)C(O)=C3C(=O)c4c(OCCCC)cc(C5CCCN5C(=O)OC(C)(C)C)c(F)c4C[C@H]3C[C@@H]12. The van der Waals surface area contributed by atoms with Gasteiger partial charge in [0.15, 0.2) is 25.5 Å². The zero-order valence-electron chi connectivity index (χ0n) is 38.6. The van der Waals surface area contributed by atoms with Crippen molar-refractivity contribution in [3.05, 3.63) is 76.5 Å². The van der Waals surface area contributed by atoms with E-state index in [0.717, 1.165) is 12.8 Å². The standard InChI is InChI=1S/C48H68FN3O9Si/c1-13-17-24-57-34-28-30(33-20-19-23-52(33)45(56)59-46(5,6)7)38(49)31-26-29-27-32-39(51(21-15-3)22-16-4)41-37(44(50-60-41)58-25-18-14-2)43(55)48(32,61-62(11,12)47(8,9)10)42(54)35(29)40(53)36(31)34/h15-16,28-29,32-33,39,54H,3-4,13-14,17-27H2,1-2,5-12H3/t29-,32-,33?,39-,48-/m0/s1. The van der Waals surface area contributed by atoms with Crippen molar-refractivity contribution >= 4 is 26.0 Å². The molecule has 2 heterocycles. The summed E-state index contributed by atoms with van der Waals surface area (Å²) in [7, 11) is -2.99. The number of fused-ring (bicyclic) bond motifs is 4. The van der Waals surface area contributed by atoms with E-state index < -0.39 is 77.7 Å². The second-order valence-electron chi connectivity index (χ2n) is 19.8. The average molecular weight is 878 g/mol. The van der Waals surface area contributed by atoms with Crippen molar-refractivity contribution in [2.75, 3.05) is 32.8 Å². The molecule has 1 aromatic carbocycles. The molecule has 340 valence electrons. The Morgan fingerprint density at radius 2 is 1.71 bits per heavy atom. The van der Waals surface area contributed by atoms with Gasteiger partial charge < -0.3 is 33.2 Å². The topological polar surface area (TPSA) is 141 Å². The minimum atomic E-state index is -2.99. The molecule has 4 aliphatic rings. The Balaban J connectivity index is 1.61. The first-order valence-electron chi connectivity index (χ1n) is 22.5.